The van der Waals surface area contributed by atoms with Crippen LogP contribution in [-0.2, 0) is 6.42 Å². The van der Waals surface area contributed by atoms with Gasteiger partial charge in [0.05, 0.1) is 5.56 Å². The highest BCUT2D eigenvalue weighted by Gasteiger charge is 2.31. The fraction of sp³-hybridized carbons (Fsp3) is 0.667. The van der Waals surface area contributed by atoms with E-state index in [-0.39, 0.29) is 0 Å². The molecule has 1 saturated heterocycles. The maximum atomic E-state index is 14.0. The molecule has 1 aliphatic carbocycles. The van der Waals surface area contributed by atoms with Crippen LogP contribution in [0, 0.1) is 29.4 Å². The summed E-state index contributed by atoms with van der Waals surface area (Å²) in [7, 11) is -0.431. The van der Waals surface area contributed by atoms with E-state index in [1.54, 1.807) is 0 Å². The SMILES string of the molecule is CCC[Si@H]1CC[C@H]([C@H]2CC[C@H](CCc3cc(F)c(C(F)=C(F)F)c(F)c3)CC2)CC1. The van der Waals surface area contributed by atoms with Crippen LogP contribution in [-0.4, -0.2) is 8.80 Å². The molecule has 30 heavy (non-hydrogen) atoms. The Balaban J connectivity index is 1.47. The molecule has 1 aromatic carbocycles. The molecule has 0 N–H and O–H groups in total. The van der Waals surface area contributed by atoms with E-state index in [1.807, 2.05) is 0 Å². The predicted octanol–water partition coefficient (Wildman–Crippen LogP) is 8.29. The predicted molar refractivity (Wildman–Crippen MR) is 115 cm³/mol. The zero-order chi connectivity index (χ0) is 21.7. The second-order valence-corrected chi connectivity index (χ2v) is 12.9. The van der Waals surface area contributed by atoms with Gasteiger partial charge in [0.1, 0.15) is 11.6 Å². The number of hydrogen-bond acceptors (Lipinski definition) is 0. The Morgan fingerprint density at radius 2 is 1.47 bits per heavy atom. The molecule has 1 aliphatic heterocycles. The van der Waals surface area contributed by atoms with Crippen LogP contribution in [0.4, 0.5) is 22.0 Å². The molecule has 0 amide bonds. The van der Waals surface area contributed by atoms with Crippen LogP contribution in [0.1, 0.15) is 69.4 Å². The summed E-state index contributed by atoms with van der Waals surface area (Å²) in [6, 6.07) is 6.53. The van der Waals surface area contributed by atoms with Gasteiger partial charge in [-0.25, -0.2) is 13.2 Å². The number of benzene rings is 1. The summed E-state index contributed by atoms with van der Waals surface area (Å²) in [5, 5.41) is 0. The second kappa shape index (κ2) is 10.9. The van der Waals surface area contributed by atoms with Gasteiger partial charge < -0.3 is 0 Å². The molecule has 1 heterocycles. The molecule has 0 aromatic heterocycles. The van der Waals surface area contributed by atoms with Crippen LogP contribution >= 0.6 is 0 Å². The van der Waals surface area contributed by atoms with Crippen molar-refractivity contribution >= 4 is 14.6 Å². The number of aryl methyl sites for hydroxylation is 1. The Kier molecular flexibility index (Phi) is 8.55. The van der Waals surface area contributed by atoms with Gasteiger partial charge in [-0.2, -0.15) is 8.78 Å². The van der Waals surface area contributed by atoms with E-state index in [0.29, 0.717) is 17.9 Å². The lowest BCUT2D eigenvalue weighted by Gasteiger charge is -2.37. The fourth-order valence-electron chi connectivity index (χ4n) is 5.75. The highest BCUT2D eigenvalue weighted by atomic mass is 28.3. The maximum absolute atomic E-state index is 14.0. The number of rotatable bonds is 7. The normalized spacial score (nSPS) is 27.1. The van der Waals surface area contributed by atoms with Gasteiger partial charge in [-0.15, -0.1) is 0 Å². The van der Waals surface area contributed by atoms with Gasteiger partial charge in [0, 0.05) is 8.80 Å². The summed E-state index contributed by atoms with van der Waals surface area (Å²) in [5.41, 5.74) is -0.863. The van der Waals surface area contributed by atoms with Gasteiger partial charge in [-0.1, -0.05) is 57.2 Å². The van der Waals surface area contributed by atoms with Crippen molar-refractivity contribution in [1.82, 2.24) is 0 Å². The van der Waals surface area contributed by atoms with Gasteiger partial charge in [0.25, 0.3) is 0 Å². The molecule has 0 atom stereocenters. The molecule has 1 aromatic rings. The molecule has 0 nitrogen and oxygen atoms in total. The van der Waals surface area contributed by atoms with Crippen molar-refractivity contribution in [3.63, 3.8) is 0 Å². The lowest BCUT2D eigenvalue weighted by atomic mass is 9.73. The molecular weight excluding hydrogens is 411 g/mol. The zero-order valence-corrected chi connectivity index (χ0v) is 19.0. The molecule has 0 unspecified atom stereocenters. The molecule has 0 radical (unpaired) electrons. The summed E-state index contributed by atoms with van der Waals surface area (Å²) in [5.74, 6) is -2.36. The Morgan fingerprint density at radius 3 is 2.00 bits per heavy atom. The van der Waals surface area contributed by atoms with Crippen LogP contribution in [0.15, 0.2) is 18.2 Å². The third kappa shape index (κ3) is 5.95. The third-order valence-electron chi connectivity index (χ3n) is 7.47. The molecule has 6 heteroatoms. The maximum Gasteiger partial charge on any atom is 0.306 e. The summed E-state index contributed by atoms with van der Waals surface area (Å²) in [6.07, 6.45) is 7.64. The standard InChI is InChI=1S/C24H33F5Si/c1-2-11-30-12-9-19(10-13-30)18-7-5-16(6-8-18)3-4-17-14-20(25)22(21(26)15-17)23(27)24(28)29/h14-16,18-19,30H,2-13H2,1H3/t16-,18-,19-,30-. The van der Waals surface area contributed by atoms with Crippen LogP contribution in [0.2, 0.25) is 18.1 Å². The van der Waals surface area contributed by atoms with Gasteiger partial charge in [0.2, 0.25) is 5.83 Å². The summed E-state index contributed by atoms with van der Waals surface area (Å²) in [6.45, 7) is 2.30. The van der Waals surface area contributed by atoms with Gasteiger partial charge in [-0.05, 0) is 61.1 Å². The minimum atomic E-state index is -2.71. The summed E-state index contributed by atoms with van der Waals surface area (Å²) < 4.78 is 66.0. The van der Waals surface area contributed by atoms with Gasteiger partial charge in [-0.3, -0.25) is 0 Å². The van der Waals surface area contributed by atoms with Crippen LogP contribution < -0.4 is 0 Å². The van der Waals surface area contributed by atoms with Crippen molar-refractivity contribution in [3.8, 4) is 0 Å². The average molecular weight is 445 g/mol. The molecular formula is C24H33F5Si. The first-order chi connectivity index (χ1) is 14.4. The first kappa shape index (κ1) is 23.5. The largest absolute Gasteiger partial charge is 0.306 e. The first-order valence-corrected chi connectivity index (χ1v) is 14.0. The number of hydrogen-bond donors (Lipinski definition) is 0. The van der Waals surface area contributed by atoms with Crippen molar-refractivity contribution in [2.24, 2.45) is 17.8 Å². The van der Waals surface area contributed by atoms with E-state index in [0.717, 1.165) is 43.2 Å². The Labute approximate surface area is 178 Å². The topological polar surface area (TPSA) is 0 Å². The number of halogens is 5. The fourth-order valence-corrected chi connectivity index (χ4v) is 9.23. The molecule has 0 bridgehead atoms. The molecule has 3 rings (SSSR count). The Bertz CT molecular complexity index is 704. The highest BCUT2D eigenvalue weighted by molar-refractivity contribution is 6.58. The average Bonchev–Trinajstić information content (AvgIpc) is 2.73. The quantitative estimate of drug-likeness (QED) is 0.293. The molecule has 1 saturated carbocycles. The Hall–Kier alpha value is -1.17. The van der Waals surface area contributed by atoms with E-state index in [9.17, 15) is 22.0 Å². The Morgan fingerprint density at radius 1 is 0.900 bits per heavy atom. The van der Waals surface area contributed by atoms with Crippen molar-refractivity contribution in [2.45, 2.75) is 82.8 Å². The van der Waals surface area contributed by atoms with Crippen LogP contribution in [0.5, 0.6) is 0 Å². The van der Waals surface area contributed by atoms with Crippen molar-refractivity contribution < 1.29 is 22.0 Å². The zero-order valence-electron chi connectivity index (χ0n) is 17.8. The third-order valence-corrected chi connectivity index (χ3v) is 11.2. The minimum absolute atomic E-state index is 0.405. The van der Waals surface area contributed by atoms with E-state index in [2.05, 4.69) is 6.92 Å². The van der Waals surface area contributed by atoms with E-state index >= 15 is 0 Å². The van der Waals surface area contributed by atoms with Crippen molar-refractivity contribution in [3.05, 3.63) is 41.0 Å². The van der Waals surface area contributed by atoms with E-state index in [4.69, 9.17) is 0 Å². The first-order valence-electron chi connectivity index (χ1n) is 11.6. The summed E-state index contributed by atoms with van der Waals surface area (Å²) >= 11 is 0. The van der Waals surface area contributed by atoms with Gasteiger partial charge in [0.15, 0.2) is 0 Å². The van der Waals surface area contributed by atoms with Crippen molar-refractivity contribution in [2.75, 3.05) is 0 Å². The molecule has 168 valence electrons. The lowest BCUT2D eigenvalue weighted by molar-refractivity contribution is 0.186. The van der Waals surface area contributed by atoms with Crippen LogP contribution in [0.25, 0.3) is 5.83 Å². The molecule has 0 spiro atoms. The summed E-state index contributed by atoms with van der Waals surface area (Å²) in [4.78, 5) is 0. The van der Waals surface area contributed by atoms with Crippen molar-refractivity contribution in [1.29, 1.82) is 0 Å². The second-order valence-electron chi connectivity index (χ2n) is 9.40. The van der Waals surface area contributed by atoms with E-state index in [1.165, 1.54) is 50.2 Å². The van der Waals surface area contributed by atoms with Crippen LogP contribution in [0.3, 0.4) is 0 Å². The van der Waals surface area contributed by atoms with E-state index < -0.39 is 37.9 Å². The lowest BCUT2D eigenvalue weighted by Crippen LogP contribution is -2.28. The minimum Gasteiger partial charge on any atom is -0.206 e. The smallest absolute Gasteiger partial charge is 0.206 e. The van der Waals surface area contributed by atoms with Gasteiger partial charge >= 0.3 is 6.08 Å². The highest BCUT2D eigenvalue weighted by Crippen LogP contribution is 2.42. The molecule has 2 fully saturated rings. The molecule has 2 aliphatic rings. The monoisotopic (exact) mass is 444 g/mol.